The van der Waals surface area contributed by atoms with E-state index in [9.17, 15) is 23.1 Å². The van der Waals surface area contributed by atoms with Crippen LogP contribution in [-0.4, -0.2) is 26.4 Å². The van der Waals surface area contributed by atoms with Gasteiger partial charge in [0.1, 0.15) is 11.4 Å². The van der Waals surface area contributed by atoms with Crippen LogP contribution >= 0.6 is 11.3 Å². The number of nitrogens with two attached hydrogens (primary N) is 1. The highest BCUT2D eigenvalue weighted by atomic mass is 32.1. The smallest absolute Gasteiger partial charge is 0.390 e. The zero-order chi connectivity index (χ0) is 24.3. The van der Waals surface area contributed by atoms with Crippen LogP contribution in [0.5, 0.6) is 0 Å². The van der Waals surface area contributed by atoms with E-state index in [1.54, 1.807) is 6.92 Å². The minimum atomic E-state index is -4.54. The Hall–Kier alpha value is -3.01. The first kappa shape index (κ1) is 22.8. The van der Waals surface area contributed by atoms with Crippen LogP contribution in [0.4, 0.5) is 13.2 Å². The van der Waals surface area contributed by atoms with Gasteiger partial charge in [0.05, 0.1) is 17.3 Å². The second-order valence-electron chi connectivity index (χ2n) is 9.23. The van der Waals surface area contributed by atoms with Crippen molar-refractivity contribution in [1.29, 1.82) is 0 Å². The van der Waals surface area contributed by atoms with Crippen molar-refractivity contribution in [3.05, 3.63) is 76.8 Å². The summed E-state index contributed by atoms with van der Waals surface area (Å²) in [7, 11) is 0. The SMILES string of the molecule is C[C@]1(O)C[C@](N)(c2ccc(-c3sc4ncn(CC(F)(F)F)c(=O)c4c3-c3ccccc3)cc2)C1. The summed E-state index contributed by atoms with van der Waals surface area (Å²) >= 11 is 1.27. The summed E-state index contributed by atoms with van der Waals surface area (Å²) in [5, 5.41) is 10.3. The van der Waals surface area contributed by atoms with Gasteiger partial charge in [-0.15, -0.1) is 11.3 Å². The van der Waals surface area contributed by atoms with Crippen LogP contribution in [0.3, 0.4) is 0 Å². The van der Waals surface area contributed by atoms with Gasteiger partial charge in [-0.05, 0) is 36.5 Å². The first-order chi connectivity index (χ1) is 16.0. The van der Waals surface area contributed by atoms with Crippen LogP contribution in [0.2, 0.25) is 0 Å². The first-order valence-corrected chi connectivity index (χ1v) is 11.5. The number of nitrogens with zero attached hydrogens (tertiary/aromatic N) is 2. The third-order valence-corrected chi connectivity index (χ3v) is 7.35. The molecule has 0 amide bonds. The van der Waals surface area contributed by atoms with E-state index in [0.29, 0.717) is 27.8 Å². The average molecular weight is 486 g/mol. The van der Waals surface area contributed by atoms with Gasteiger partial charge in [0.2, 0.25) is 0 Å². The lowest BCUT2D eigenvalue weighted by molar-refractivity contribution is -0.141. The van der Waals surface area contributed by atoms with Gasteiger partial charge in [-0.1, -0.05) is 54.6 Å². The van der Waals surface area contributed by atoms with E-state index in [2.05, 4.69) is 4.98 Å². The monoisotopic (exact) mass is 485 g/mol. The second kappa shape index (κ2) is 7.76. The largest absolute Gasteiger partial charge is 0.406 e. The molecule has 2 heterocycles. The van der Waals surface area contributed by atoms with Crippen molar-refractivity contribution in [2.24, 2.45) is 5.73 Å². The zero-order valence-electron chi connectivity index (χ0n) is 18.3. The lowest BCUT2D eigenvalue weighted by Crippen LogP contribution is -2.58. The molecule has 176 valence electrons. The van der Waals surface area contributed by atoms with Crippen molar-refractivity contribution < 1.29 is 18.3 Å². The maximum absolute atomic E-state index is 13.1. The summed E-state index contributed by atoms with van der Waals surface area (Å²) in [4.78, 5) is 18.4. The highest BCUT2D eigenvalue weighted by molar-refractivity contribution is 7.22. The van der Waals surface area contributed by atoms with E-state index in [0.717, 1.165) is 27.9 Å². The number of thiophene rings is 1. The average Bonchev–Trinajstić information content (AvgIpc) is 3.14. The maximum atomic E-state index is 13.1. The summed E-state index contributed by atoms with van der Waals surface area (Å²) < 4.78 is 39.7. The molecule has 0 saturated heterocycles. The molecule has 5 nitrogen and oxygen atoms in total. The van der Waals surface area contributed by atoms with Crippen molar-refractivity contribution in [1.82, 2.24) is 9.55 Å². The molecule has 2 aromatic carbocycles. The Morgan fingerprint density at radius 3 is 2.32 bits per heavy atom. The Bertz CT molecular complexity index is 1420. The molecule has 0 aliphatic heterocycles. The zero-order valence-corrected chi connectivity index (χ0v) is 19.1. The van der Waals surface area contributed by atoms with Crippen LogP contribution in [0.25, 0.3) is 31.8 Å². The topological polar surface area (TPSA) is 81.1 Å². The minimum Gasteiger partial charge on any atom is -0.390 e. The fraction of sp³-hybridized carbons (Fsp3) is 0.280. The fourth-order valence-corrected chi connectivity index (χ4v) is 6.04. The van der Waals surface area contributed by atoms with Gasteiger partial charge >= 0.3 is 6.18 Å². The predicted molar refractivity (Wildman–Crippen MR) is 127 cm³/mol. The number of hydrogen-bond donors (Lipinski definition) is 2. The Balaban J connectivity index is 1.66. The molecule has 34 heavy (non-hydrogen) atoms. The van der Waals surface area contributed by atoms with E-state index in [4.69, 9.17) is 5.73 Å². The highest BCUT2D eigenvalue weighted by Crippen LogP contribution is 2.47. The molecule has 0 atom stereocenters. The summed E-state index contributed by atoms with van der Waals surface area (Å²) in [6.45, 7) is 0.361. The number of aliphatic hydroxyl groups is 1. The Morgan fingerprint density at radius 1 is 1.09 bits per heavy atom. The molecule has 3 N–H and O–H groups in total. The number of fused-ring (bicyclic) bond motifs is 1. The van der Waals surface area contributed by atoms with Crippen molar-refractivity contribution in [3.63, 3.8) is 0 Å². The van der Waals surface area contributed by atoms with Crippen LogP contribution in [0, 0.1) is 0 Å². The van der Waals surface area contributed by atoms with Crippen molar-refractivity contribution in [2.45, 2.75) is 43.6 Å². The fourth-order valence-electron chi connectivity index (χ4n) is 4.88. The predicted octanol–water partition coefficient (Wildman–Crippen LogP) is 5.05. The molecule has 2 aromatic heterocycles. The van der Waals surface area contributed by atoms with Gasteiger partial charge in [0.15, 0.2) is 0 Å². The number of rotatable bonds is 4. The number of aromatic nitrogens is 2. The van der Waals surface area contributed by atoms with Gasteiger partial charge in [0, 0.05) is 16.0 Å². The van der Waals surface area contributed by atoms with E-state index in [1.165, 1.54) is 11.3 Å². The van der Waals surface area contributed by atoms with Crippen LogP contribution in [-0.2, 0) is 12.1 Å². The molecular weight excluding hydrogens is 463 g/mol. The summed E-state index contributed by atoms with van der Waals surface area (Å²) in [6.07, 6.45) is -2.66. The van der Waals surface area contributed by atoms with Crippen LogP contribution in [0.1, 0.15) is 25.3 Å². The molecule has 1 aliphatic carbocycles. The lowest BCUT2D eigenvalue weighted by atomic mass is 9.63. The maximum Gasteiger partial charge on any atom is 0.406 e. The van der Waals surface area contributed by atoms with E-state index < -0.39 is 29.4 Å². The molecule has 1 aliphatic rings. The van der Waals surface area contributed by atoms with Gasteiger partial charge < -0.3 is 10.8 Å². The summed E-state index contributed by atoms with van der Waals surface area (Å²) in [6, 6.07) is 16.7. The third-order valence-electron chi connectivity index (χ3n) is 6.21. The normalized spacial score (nSPS) is 22.6. The molecule has 1 fully saturated rings. The summed E-state index contributed by atoms with van der Waals surface area (Å²) in [5.41, 5.74) is 7.35. The second-order valence-corrected chi connectivity index (χ2v) is 10.2. The van der Waals surface area contributed by atoms with Crippen molar-refractivity contribution in [3.8, 4) is 21.6 Å². The Labute approximate surface area is 197 Å². The molecule has 0 spiro atoms. The molecule has 9 heteroatoms. The van der Waals surface area contributed by atoms with Gasteiger partial charge in [-0.2, -0.15) is 13.2 Å². The molecule has 0 unspecified atom stereocenters. The first-order valence-electron chi connectivity index (χ1n) is 10.7. The number of halogens is 3. The standard InChI is InChI=1S/C25H22F3N3O2S/c1-23(33)11-24(29,12-23)17-9-7-16(8-10-17)20-18(15-5-3-2-4-6-15)19-21(34-20)30-14-31(22(19)32)13-25(26,27)28/h2-10,14,33H,11-13,29H2,1H3/t23-,24+. The summed E-state index contributed by atoms with van der Waals surface area (Å²) in [5.74, 6) is 0. The van der Waals surface area contributed by atoms with E-state index in [1.807, 2.05) is 54.6 Å². The van der Waals surface area contributed by atoms with Gasteiger partial charge in [-0.25, -0.2) is 4.98 Å². The van der Waals surface area contributed by atoms with Crippen molar-refractivity contribution in [2.75, 3.05) is 0 Å². The van der Waals surface area contributed by atoms with Crippen LogP contribution in [0.15, 0.2) is 65.7 Å². The number of hydrogen-bond acceptors (Lipinski definition) is 5. The number of benzene rings is 2. The van der Waals surface area contributed by atoms with E-state index in [-0.39, 0.29) is 5.39 Å². The molecule has 0 bridgehead atoms. The van der Waals surface area contributed by atoms with Crippen molar-refractivity contribution >= 4 is 21.6 Å². The van der Waals surface area contributed by atoms with Gasteiger partial charge in [-0.3, -0.25) is 9.36 Å². The van der Waals surface area contributed by atoms with E-state index >= 15 is 0 Å². The minimum absolute atomic E-state index is 0.173. The molecule has 5 rings (SSSR count). The Kier molecular flexibility index (Phi) is 5.20. The Morgan fingerprint density at radius 2 is 1.74 bits per heavy atom. The molecule has 1 saturated carbocycles. The van der Waals surface area contributed by atoms with Crippen LogP contribution < -0.4 is 11.3 Å². The number of alkyl halides is 3. The quantitative estimate of drug-likeness (QED) is 0.424. The molecule has 4 aromatic rings. The molecular formula is C25H22F3N3O2S. The highest BCUT2D eigenvalue weighted by Gasteiger charge is 2.49. The molecule has 0 radical (unpaired) electrons. The third kappa shape index (κ3) is 4.04. The van der Waals surface area contributed by atoms with Gasteiger partial charge in [0.25, 0.3) is 5.56 Å². The lowest BCUT2D eigenvalue weighted by Gasteiger charge is -2.49.